The van der Waals surface area contributed by atoms with Gasteiger partial charge in [-0.05, 0) is 0 Å². The van der Waals surface area contributed by atoms with Crippen LogP contribution in [0.2, 0.25) is 0 Å². The first-order valence-corrected chi connectivity index (χ1v) is 2.32. The highest BCUT2D eigenvalue weighted by molar-refractivity contribution is 4.13. The molecule has 0 aromatic carbocycles. The zero-order valence-corrected chi connectivity index (χ0v) is 6.73. The monoisotopic (exact) mass is 185 g/mol. The van der Waals surface area contributed by atoms with Gasteiger partial charge >= 0.3 is 0 Å². The molecule has 0 amide bonds. The van der Waals surface area contributed by atoms with Gasteiger partial charge in [0.1, 0.15) is 13.2 Å². The lowest BCUT2D eigenvalue weighted by atomic mass is 10.6. The molecule has 4 heteroatoms. The molecule has 2 N–H and O–H groups in total. The minimum Gasteiger partial charge on any atom is -1.00 e. The smallest absolute Gasteiger partial charge is 0.131 e. The third-order valence-corrected chi connectivity index (χ3v) is 0.693. The van der Waals surface area contributed by atoms with Crippen molar-refractivity contribution in [3.8, 4) is 0 Å². The summed E-state index contributed by atoms with van der Waals surface area (Å²) in [5, 5.41) is 7.80. The summed E-state index contributed by atoms with van der Waals surface area (Å²) >= 11 is 0. The molecule has 0 rings (SSSR count). The Hall–Kier alpha value is 0.360. The molecule has 8 heavy (non-hydrogen) atoms. The van der Waals surface area contributed by atoms with Crippen LogP contribution in [0, 0.1) is 0 Å². The Morgan fingerprint density at radius 2 is 2.00 bits per heavy atom. The van der Waals surface area contributed by atoms with Crippen LogP contribution in [0.15, 0.2) is 0 Å². The van der Waals surface area contributed by atoms with E-state index in [-0.39, 0.29) is 17.0 Å². The van der Waals surface area contributed by atoms with Crippen LogP contribution in [0.3, 0.4) is 0 Å². The molecular formula is C4H12BrNO2. The van der Waals surface area contributed by atoms with E-state index in [4.69, 9.17) is 5.26 Å². The SMILES string of the molecule is C[NH+](C)CCOO.[Br-]. The highest BCUT2D eigenvalue weighted by atomic mass is 79.9. The summed E-state index contributed by atoms with van der Waals surface area (Å²) < 4.78 is 0. The normalized spacial score (nSPS) is 9.00. The van der Waals surface area contributed by atoms with E-state index in [0.717, 1.165) is 6.54 Å². The van der Waals surface area contributed by atoms with Crippen molar-refractivity contribution in [2.24, 2.45) is 0 Å². The molecule has 0 aromatic heterocycles. The third-order valence-electron chi connectivity index (χ3n) is 0.693. The molecule has 0 spiro atoms. The largest absolute Gasteiger partial charge is 1.00 e. The van der Waals surface area contributed by atoms with Crippen LogP contribution in [-0.4, -0.2) is 32.5 Å². The van der Waals surface area contributed by atoms with Crippen molar-refractivity contribution in [3.63, 3.8) is 0 Å². The van der Waals surface area contributed by atoms with Crippen LogP contribution in [0.4, 0.5) is 0 Å². The van der Waals surface area contributed by atoms with E-state index in [1.807, 2.05) is 14.1 Å². The van der Waals surface area contributed by atoms with E-state index in [1.54, 1.807) is 0 Å². The van der Waals surface area contributed by atoms with Gasteiger partial charge in [0.05, 0.1) is 14.1 Å². The van der Waals surface area contributed by atoms with Gasteiger partial charge in [0.15, 0.2) is 0 Å². The number of likely N-dealkylation sites (N-methyl/N-ethyl adjacent to an activating group) is 1. The Labute approximate surface area is 59.9 Å². The van der Waals surface area contributed by atoms with Crippen molar-refractivity contribution in [2.75, 3.05) is 27.2 Å². The number of hydrogen-bond donors (Lipinski definition) is 2. The zero-order chi connectivity index (χ0) is 5.70. The maximum atomic E-state index is 7.80. The molecule has 0 aromatic rings. The predicted octanol–water partition coefficient (Wildman–Crippen LogP) is -4.38. The molecule has 0 aliphatic rings. The van der Waals surface area contributed by atoms with Gasteiger partial charge in [-0.2, -0.15) is 0 Å². The van der Waals surface area contributed by atoms with Crippen molar-refractivity contribution in [1.29, 1.82) is 0 Å². The van der Waals surface area contributed by atoms with Gasteiger partial charge in [-0.15, -0.1) is 0 Å². The highest BCUT2D eigenvalue weighted by Crippen LogP contribution is 1.53. The summed E-state index contributed by atoms with van der Waals surface area (Å²) in [7, 11) is 4.00. The Bertz CT molecular complexity index is 43.0. The minimum absolute atomic E-state index is 0. The lowest BCUT2D eigenvalue weighted by molar-refractivity contribution is -0.859. The first-order chi connectivity index (χ1) is 3.27. The minimum atomic E-state index is 0. The molecule has 0 unspecified atom stereocenters. The quantitative estimate of drug-likeness (QED) is 0.345. The van der Waals surface area contributed by atoms with Gasteiger partial charge in [0.2, 0.25) is 0 Å². The average molecular weight is 186 g/mol. The fourth-order valence-electron chi connectivity index (χ4n) is 0.250. The van der Waals surface area contributed by atoms with Crippen LogP contribution in [0.1, 0.15) is 0 Å². The molecule has 0 atom stereocenters. The van der Waals surface area contributed by atoms with Gasteiger partial charge in [-0.1, -0.05) is 0 Å². The van der Waals surface area contributed by atoms with Crippen LogP contribution in [0.5, 0.6) is 0 Å². The Morgan fingerprint density at radius 1 is 1.50 bits per heavy atom. The average Bonchev–Trinajstić information content (AvgIpc) is 1.61. The molecule has 0 aliphatic carbocycles. The molecule has 0 bridgehead atoms. The first-order valence-electron chi connectivity index (χ1n) is 2.32. The summed E-state index contributed by atoms with van der Waals surface area (Å²) in [5.41, 5.74) is 0. The van der Waals surface area contributed by atoms with Gasteiger partial charge in [0, 0.05) is 0 Å². The fourth-order valence-corrected chi connectivity index (χ4v) is 0.250. The summed E-state index contributed by atoms with van der Waals surface area (Å²) in [6.45, 7) is 1.26. The molecule has 0 saturated carbocycles. The van der Waals surface area contributed by atoms with Crippen molar-refractivity contribution < 1.29 is 32.0 Å². The Kier molecular flexibility index (Phi) is 10.3. The molecule has 0 saturated heterocycles. The van der Waals surface area contributed by atoms with Crippen LogP contribution < -0.4 is 21.9 Å². The second-order valence-electron chi connectivity index (χ2n) is 1.79. The topological polar surface area (TPSA) is 33.9 Å². The molecule has 0 aliphatic heterocycles. The van der Waals surface area contributed by atoms with E-state index in [9.17, 15) is 0 Å². The summed E-state index contributed by atoms with van der Waals surface area (Å²) in [6.07, 6.45) is 0. The maximum absolute atomic E-state index is 7.80. The number of nitrogens with one attached hydrogen (secondary N) is 1. The summed E-state index contributed by atoms with van der Waals surface area (Å²) in [6, 6.07) is 0. The number of rotatable bonds is 3. The van der Waals surface area contributed by atoms with Crippen LogP contribution >= 0.6 is 0 Å². The number of halogens is 1. The predicted molar refractivity (Wildman–Crippen MR) is 26.3 cm³/mol. The van der Waals surface area contributed by atoms with E-state index >= 15 is 0 Å². The van der Waals surface area contributed by atoms with E-state index < -0.39 is 0 Å². The van der Waals surface area contributed by atoms with Gasteiger partial charge in [0.25, 0.3) is 0 Å². The Morgan fingerprint density at radius 3 is 2.12 bits per heavy atom. The molecule has 52 valence electrons. The van der Waals surface area contributed by atoms with Gasteiger partial charge in [-0.25, -0.2) is 4.89 Å². The lowest BCUT2D eigenvalue weighted by Crippen LogP contribution is -3.06. The van der Waals surface area contributed by atoms with E-state index in [1.165, 1.54) is 4.90 Å². The molecular weight excluding hydrogens is 174 g/mol. The fraction of sp³-hybridized carbons (Fsp3) is 1.00. The van der Waals surface area contributed by atoms with Crippen molar-refractivity contribution in [2.45, 2.75) is 0 Å². The van der Waals surface area contributed by atoms with Crippen molar-refractivity contribution >= 4 is 0 Å². The standard InChI is InChI=1S/C4H11NO2.BrH/c1-5(2)3-4-7-6;/h6H,3-4H2,1-2H3;1H. The number of quaternary nitrogens is 1. The second kappa shape index (κ2) is 7.36. The molecule has 0 radical (unpaired) electrons. The van der Waals surface area contributed by atoms with Gasteiger partial charge < -0.3 is 21.9 Å². The molecule has 0 fully saturated rings. The van der Waals surface area contributed by atoms with Crippen molar-refractivity contribution in [3.05, 3.63) is 0 Å². The highest BCUT2D eigenvalue weighted by Gasteiger charge is 1.88. The molecule has 0 heterocycles. The Balaban J connectivity index is 0. The zero-order valence-electron chi connectivity index (χ0n) is 5.15. The van der Waals surface area contributed by atoms with E-state index in [2.05, 4.69) is 4.89 Å². The summed E-state index contributed by atoms with van der Waals surface area (Å²) in [4.78, 5) is 5.10. The van der Waals surface area contributed by atoms with Crippen LogP contribution in [-0.2, 0) is 4.89 Å². The maximum Gasteiger partial charge on any atom is 0.131 e. The third kappa shape index (κ3) is 9.61. The first kappa shape index (κ1) is 11.2. The van der Waals surface area contributed by atoms with Gasteiger partial charge in [-0.3, -0.25) is 5.26 Å². The second-order valence-corrected chi connectivity index (χ2v) is 1.79. The summed E-state index contributed by atoms with van der Waals surface area (Å²) in [5.74, 6) is 0. The van der Waals surface area contributed by atoms with Crippen LogP contribution in [0.25, 0.3) is 0 Å². The van der Waals surface area contributed by atoms with Crippen molar-refractivity contribution in [1.82, 2.24) is 0 Å². The number of hydrogen-bond acceptors (Lipinski definition) is 2. The molecule has 3 nitrogen and oxygen atoms in total. The van der Waals surface area contributed by atoms with E-state index in [0.29, 0.717) is 6.61 Å². The lowest BCUT2D eigenvalue weighted by Gasteiger charge is -2.02.